The molecule has 1 heterocycles. The minimum Gasteiger partial charge on any atom is -0.492 e. The average molecular weight is 262 g/mol. The molecule has 0 saturated heterocycles. The molecule has 1 unspecified atom stereocenters. The maximum atomic E-state index is 5.71. The van der Waals surface area contributed by atoms with Gasteiger partial charge in [0.1, 0.15) is 17.4 Å². The number of nitrogens with zero attached hydrogens (tertiary/aromatic N) is 1. The Labute approximate surface area is 112 Å². The van der Waals surface area contributed by atoms with Gasteiger partial charge < -0.3 is 10.1 Å². The van der Waals surface area contributed by atoms with Crippen molar-refractivity contribution in [2.75, 3.05) is 6.61 Å². The van der Waals surface area contributed by atoms with E-state index < -0.39 is 0 Å². The van der Waals surface area contributed by atoms with Crippen LogP contribution >= 0.6 is 11.3 Å². The van der Waals surface area contributed by atoms with Gasteiger partial charge in [-0.25, -0.2) is 4.98 Å². The van der Waals surface area contributed by atoms with Gasteiger partial charge in [-0.1, -0.05) is 17.7 Å². The van der Waals surface area contributed by atoms with Crippen LogP contribution in [0.4, 0.5) is 0 Å². The highest BCUT2D eigenvalue weighted by Gasteiger charge is 2.03. The van der Waals surface area contributed by atoms with Gasteiger partial charge in [-0.3, -0.25) is 0 Å². The topological polar surface area (TPSA) is 34.1 Å². The number of hydrogen-bond donors (Lipinski definition) is 1. The highest BCUT2D eigenvalue weighted by atomic mass is 32.1. The van der Waals surface area contributed by atoms with Crippen LogP contribution in [0.15, 0.2) is 35.8 Å². The fourth-order valence-corrected chi connectivity index (χ4v) is 2.08. The van der Waals surface area contributed by atoms with E-state index in [0.717, 1.165) is 17.3 Å². The molecule has 96 valence electrons. The van der Waals surface area contributed by atoms with E-state index in [2.05, 4.69) is 36.3 Å². The lowest BCUT2D eigenvalue weighted by atomic mass is 10.2. The summed E-state index contributed by atoms with van der Waals surface area (Å²) >= 11 is 1.67. The molecule has 3 nitrogen and oxygen atoms in total. The van der Waals surface area contributed by atoms with Crippen molar-refractivity contribution in [3.63, 3.8) is 0 Å². The second-order valence-electron chi connectivity index (χ2n) is 4.33. The molecule has 1 aromatic heterocycles. The largest absolute Gasteiger partial charge is 0.492 e. The number of nitrogens with one attached hydrogen (secondary N) is 1. The molecule has 18 heavy (non-hydrogen) atoms. The summed E-state index contributed by atoms with van der Waals surface area (Å²) in [4.78, 5) is 4.23. The summed E-state index contributed by atoms with van der Waals surface area (Å²) in [6, 6.07) is 8.42. The van der Waals surface area contributed by atoms with Crippen molar-refractivity contribution >= 4 is 11.3 Å². The summed E-state index contributed by atoms with van der Waals surface area (Å²) in [6.45, 7) is 5.65. The molecule has 0 bridgehead atoms. The third-order valence-electron chi connectivity index (χ3n) is 2.61. The number of ether oxygens (including phenoxy) is 1. The van der Waals surface area contributed by atoms with Gasteiger partial charge in [0.15, 0.2) is 0 Å². The highest BCUT2D eigenvalue weighted by molar-refractivity contribution is 7.09. The van der Waals surface area contributed by atoms with Gasteiger partial charge >= 0.3 is 0 Å². The van der Waals surface area contributed by atoms with E-state index in [1.807, 2.05) is 23.7 Å². The third-order valence-corrected chi connectivity index (χ3v) is 3.39. The summed E-state index contributed by atoms with van der Waals surface area (Å²) in [5.41, 5.74) is 1.25. The summed E-state index contributed by atoms with van der Waals surface area (Å²) in [7, 11) is 0. The number of benzene rings is 1. The second-order valence-corrected chi connectivity index (χ2v) is 5.31. The molecule has 0 aliphatic rings. The average Bonchev–Trinajstić information content (AvgIpc) is 2.89. The zero-order valence-electron chi connectivity index (χ0n) is 10.7. The van der Waals surface area contributed by atoms with Gasteiger partial charge in [-0.15, -0.1) is 11.3 Å². The van der Waals surface area contributed by atoms with E-state index in [-0.39, 0.29) is 0 Å². The Bertz CT molecular complexity index is 453. The normalized spacial score (nSPS) is 12.3. The van der Waals surface area contributed by atoms with E-state index >= 15 is 0 Å². The van der Waals surface area contributed by atoms with Gasteiger partial charge in [0.2, 0.25) is 0 Å². The summed E-state index contributed by atoms with van der Waals surface area (Å²) in [6.07, 6.45) is 1.83. The number of hydrogen-bond acceptors (Lipinski definition) is 4. The molecule has 0 amide bonds. The van der Waals surface area contributed by atoms with Crippen molar-refractivity contribution in [2.45, 2.75) is 26.4 Å². The molecule has 1 N–H and O–H groups in total. The molecule has 0 aliphatic heterocycles. The molecule has 2 rings (SSSR count). The molecule has 0 aliphatic carbocycles. The number of thiazole rings is 1. The predicted octanol–water partition coefficient (Wildman–Crippen LogP) is 3.01. The van der Waals surface area contributed by atoms with Crippen LogP contribution in [0.3, 0.4) is 0 Å². The molecule has 1 atom stereocenters. The second kappa shape index (κ2) is 6.52. The summed E-state index contributed by atoms with van der Waals surface area (Å²) < 4.78 is 5.71. The fourth-order valence-electron chi connectivity index (χ4n) is 1.52. The minimum atomic E-state index is 0.301. The van der Waals surface area contributed by atoms with Crippen LogP contribution in [0.1, 0.15) is 17.5 Å². The van der Waals surface area contributed by atoms with Gasteiger partial charge in [-0.05, 0) is 26.0 Å². The van der Waals surface area contributed by atoms with Crippen LogP contribution in [-0.2, 0) is 6.54 Å². The van der Waals surface area contributed by atoms with E-state index in [9.17, 15) is 0 Å². The Hall–Kier alpha value is -1.39. The van der Waals surface area contributed by atoms with Crippen LogP contribution in [0.5, 0.6) is 5.75 Å². The molecule has 0 saturated carbocycles. The maximum Gasteiger partial charge on any atom is 0.119 e. The van der Waals surface area contributed by atoms with Crippen molar-refractivity contribution in [1.82, 2.24) is 10.3 Å². The molecule has 0 radical (unpaired) electrons. The van der Waals surface area contributed by atoms with E-state index in [0.29, 0.717) is 12.6 Å². The molecule has 4 heteroatoms. The minimum absolute atomic E-state index is 0.301. The van der Waals surface area contributed by atoms with Crippen LogP contribution in [0, 0.1) is 6.92 Å². The van der Waals surface area contributed by atoms with Crippen molar-refractivity contribution in [2.24, 2.45) is 0 Å². The van der Waals surface area contributed by atoms with E-state index in [4.69, 9.17) is 4.74 Å². The Kier molecular flexibility index (Phi) is 4.73. The molecule has 0 spiro atoms. The molecule has 0 fully saturated rings. The van der Waals surface area contributed by atoms with Crippen LogP contribution in [-0.4, -0.2) is 17.6 Å². The lowest BCUT2D eigenvalue weighted by Gasteiger charge is -2.14. The number of rotatable bonds is 6. The smallest absolute Gasteiger partial charge is 0.119 e. The van der Waals surface area contributed by atoms with Crippen LogP contribution < -0.4 is 10.1 Å². The van der Waals surface area contributed by atoms with Gasteiger partial charge in [0, 0.05) is 24.2 Å². The summed E-state index contributed by atoms with van der Waals surface area (Å²) in [5, 5.41) is 6.49. The first-order valence-electron chi connectivity index (χ1n) is 6.05. The number of aryl methyl sites for hydroxylation is 1. The first kappa shape index (κ1) is 13.1. The molecule has 1 aromatic carbocycles. The lowest BCUT2D eigenvalue weighted by molar-refractivity contribution is 0.272. The lowest BCUT2D eigenvalue weighted by Crippen LogP contribution is -2.31. The monoisotopic (exact) mass is 262 g/mol. The van der Waals surface area contributed by atoms with Crippen molar-refractivity contribution < 1.29 is 4.74 Å². The molecular formula is C14H18N2OS. The van der Waals surface area contributed by atoms with Crippen LogP contribution in [0.25, 0.3) is 0 Å². The maximum absolute atomic E-state index is 5.71. The summed E-state index contributed by atoms with van der Waals surface area (Å²) in [5.74, 6) is 0.920. The molecule has 2 aromatic rings. The zero-order chi connectivity index (χ0) is 12.8. The quantitative estimate of drug-likeness (QED) is 0.869. The first-order valence-corrected chi connectivity index (χ1v) is 6.93. The van der Waals surface area contributed by atoms with Crippen molar-refractivity contribution in [1.29, 1.82) is 0 Å². The predicted molar refractivity (Wildman–Crippen MR) is 75.1 cm³/mol. The molecular weight excluding hydrogens is 244 g/mol. The Morgan fingerprint density at radius 1 is 1.33 bits per heavy atom. The van der Waals surface area contributed by atoms with E-state index in [1.165, 1.54) is 5.56 Å². The standard InChI is InChI=1S/C14H18N2OS/c1-11-3-5-13(6-4-11)17-10-12(2)16-9-14-15-7-8-18-14/h3-8,12,16H,9-10H2,1-2H3. The highest BCUT2D eigenvalue weighted by Crippen LogP contribution is 2.11. The third kappa shape index (κ3) is 4.13. The van der Waals surface area contributed by atoms with Crippen molar-refractivity contribution in [3.8, 4) is 5.75 Å². The first-order chi connectivity index (χ1) is 8.74. The van der Waals surface area contributed by atoms with Crippen LogP contribution in [0.2, 0.25) is 0 Å². The van der Waals surface area contributed by atoms with E-state index in [1.54, 1.807) is 11.3 Å². The zero-order valence-corrected chi connectivity index (χ0v) is 11.5. The van der Waals surface area contributed by atoms with Gasteiger partial charge in [0.05, 0.1) is 0 Å². The Morgan fingerprint density at radius 2 is 2.11 bits per heavy atom. The number of aromatic nitrogens is 1. The Morgan fingerprint density at radius 3 is 2.78 bits per heavy atom. The Balaban J connectivity index is 1.71. The SMILES string of the molecule is Cc1ccc(OCC(C)NCc2nccs2)cc1. The van der Waals surface area contributed by atoms with Crippen molar-refractivity contribution in [3.05, 3.63) is 46.4 Å². The van der Waals surface area contributed by atoms with Gasteiger partial charge in [0.25, 0.3) is 0 Å². The fraction of sp³-hybridized carbons (Fsp3) is 0.357. The van der Waals surface area contributed by atoms with Gasteiger partial charge in [-0.2, -0.15) is 0 Å².